The summed E-state index contributed by atoms with van der Waals surface area (Å²) in [6, 6.07) is 5.67. The van der Waals surface area contributed by atoms with Crippen LogP contribution in [0.5, 0.6) is 5.75 Å². The second-order valence-electron chi connectivity index (χ2n) is 6.95. The molecule has 0 fully saturated rings. The number of nitrogens with zero attached hydrogens (tertiary/aromatic N) is 1. The van der Waals surface area contributed by atoms with Crippen LogP contribution in [-0.2, 0) is 9.53 Å². The van der Waals surface area contributed by atoms with Gasteiger partial charge in [0.2, 0.25) is 0 Å². The number of hydrogen-bond donors (Lipinski definition) is 1. The van der Waals surface area contributed by atoms with E-state index in [0.717, 1.165) is 22.8 Å². The van der Waals surface area contributed by atoms with E-state index in [2.05, 4.69) is 0 Å². The van der Waals surface area contributed by atoms with Gasteiger partial charge in [-0.15, -0.1) is 0 Å². The number of esters is 1. The third kappa shape index (κ3) is 3.53. The van der Waals surface area contributed by atoms with Crippen LogP contribution in [0.3, 0.4) is 0 Å². The number of rotatable bonds is 5. The number of carbonyl (C=O) groups excluding carboxylic acids is 2. The summed E-state index contributed by atoms with van der Waals surface area (Å²) >= 11 is 0. The topological polar surface area (TPSA) is 68.5 Å². The molecule has 0 aliphatic carbocycles. The lowest BCUT2D eigenvalue weighted by molar-refractivity contribution is -0.145. The van der Waals surface area contributed by atoms with Crippen molar-refractivity contribution in [2.45, 2.75) is 33.1 Å². The quantitative estimate of drug-likeness (QED) is 0.602. The molecule has 0 aliphatic rings. The molecule has 1 heterocycles. The summed E-state index contributed by atoms with van der Waals surface area (Å²) < 4.78 is 48.8. The van der Waals surface area contributed by atoms with Crippen LogP contribution >= 0.6 is 0 Å². The summed E-state index contributed by atoms with van der Waals surface area (Å²) in [5.41, 5.74) is 0.0177. The van der Waals surface area contributed by atoms with Gasteiger partial charge in [0.15, 0.2) is 17.4 Å². The van der Waals surface area contributed by atoms with Crippen LogP contribution in [0.1, 0.15) is 47.8 Å². The Balaban J connectivity index is 2.30. The van der Waals surface area contributed by atoms with Crippen molar-refractivity contribution in [3.63, 3.8) is 0 Å². The first kappa shape index (κ1) is 21.4. The van der Waals surface area contributed by atoms with Gasteiger partial charge in [0.25, 0.3) is 5.91 Å². The summed E-state index contributed by atoms with van der Waals surface area (Å²) in [5.74, 6) is -6.81. The van der Waals surface area contributed by atoms with Crippen LogP contribution in [0.4, 0.5) is 13.2 Å². The van der Waals surface area contributed by atoms with Crippen molar-refractivity contribution in [2.24, 2.45) is 0 Å². The van der Waals surface area contributed by atoms with E-state index in [1.165, 1.54) is 26.0 Å². The molecule has 0 radical (unpaired) electrons. The molecule has 0 saturated carbocycles. The highest BCUT2D eigenvalue weighted by Gasteiger charge is 2.31. The van der Waals surface area contributed by atoms with Crippen molar-refractivity contribution in [1.29, 1.82) is 0 Å². The van der Waals surface area contributed by atoms with Gasteiger partial charge >= 0.3 is 5.97 Å². The SMILES string of the molecule is CCCOC(=O)C(C)c1c(C)n(C(=O)c2cccc(F)c2)c2cc(F)c(O)c(F)c12. The Hall–Kier alpha value is -3.29. The number of fused-ring (bicyclic) bond motifs is 1. The molecular weight excluding hydrogens is 399 g/mol. The lowest BCUT2D eigenvalue weighted by Crippen LogP contribution is -2.17. The van der Waals surface area contributed by atoms with E-state index < -0.39 is 41.0 Å². The fourth-order valence-electron chi connectivity index (χ4n) is 3.50. The molecule has 1 atom stereocenters. The fourth-order valence-corrected chi connectivity index (χ4v) is 3.50. The number of ether oxygens (including phenoxy) is 1. The third-order valence-electron chi connectivity index (χ3n) is 4.92. The number of phenolic OH excluding ortho intramolecular Hbond substituents is 1. The van der Waals surface area contributed by atoms with Crippen molar-refractivity contribution >= 4 is 22.8 Å². The zero-order chi connectivity index (χ0) is 22.2. The summed E-state index contributed by atoms with van der Waals surface area (Å²) in [6.45, 7) is 4.90. The Labute approximate surface area is 170 Å². The molecule has 0 amide bonds. The maximum absolute atomic E-state index is 14.9. The molecule has 3 aromatic rings. The standard InChI is InChI=1S/C22H20F3NO4/c1-4-8-30-22(29)11(2)17-12(3)26(21(28)13-6-5-7-14(23)9-13)16-10-15(24)20(27)19(25)18(16)17/h5-7,9-11,27H,4,8H2,1-3H3. The van der Waals surface area contributed by atoms with Crippen molar-refractivity contribution < 1.29 is 32.6 Å². The lowest BCUT2D eigenvalue weighted by atomic mass is 9.97. The number of phenols is 1. The first-order chi connectivity index (χ1) is 14.2. The summed E-state index contributed by atoms with van der Waals surface area (Å²) in [4.78, 5) is 25.5. The van der Waals surface area contributed by atoms with Gasteiger partial charge < -0.3 is 9.84 Å². The molecule has 3 rings (SSSR count). The number of benzene rings is 2. The number of aromatic nitrogens is 1. The summed E-state index contributed by atoms with van der Waals surface area (Å²) in [6.07, 6.45) is 0.581. The van der Waals surface area contributed by atoms with Gasteiger partial charge in [-0.05, 0) is 44.0 Å². The van der Waals surface area contributed by atoms with Crippen molar-refractivity contribution in [3.05, 3.63) is 64.6 Å². The smallest absolute Gasteiger partial charge is 0.313 e. The van der Waals surface area contributed by atoms with Crippen molar-refractivity contribution in [3.8, 4) is 5.75 Å². The number of hydrogen-bond acceptors (Lipinski definition) is 4. The van der Waals surface area contributed by atoms with Crippen LogP contribution in [-0.4, -0.2) is 28.2 Å². The van der Waals surface area contributed by atoms with Crippen LogP contribution in [0.2, 0.25) is 0 Å². The molecule has 1 N–H and O–H groups in total. The first-order valence-electron chi connectivity index (χ1n) is 9.37. The monoisotopic (exact) mass is 419 g/mol. The highest BCUT2D eigenvalue weighted by Crippen LogP contribution is 2.38. The van der Waals surface area contributed by atoms with E-state index in [9.17, 15) is 27.9 Å². The molecule has 0 spiro atoms. The Morgan fingerprint density at radius 3 is 2.53 bits per heavy atom. The second-order valence-corrected chi connectivity index (χ2v) is 6.95. The van der Waals surface area contributed by atoms with Gasteiger partial charge in [0.1, 0.15) is 5.82 Å². The Bertz CT molecular complexity index is 1150. The van der Waals surface area contributed by atoms with Gasteiger partial charge in [-0.2, -0.15) is 0 Å². The van der Waals surface area contributed by atoms with Crippen LogP contribution in [0.25, 0.3) is 10.9 Å². The van der Waals surface area contributed by atoms with Gasteiger partial charge in [0.05, 0.1) is 18.0 Å². The number of carbonyl (C=O) groups is 2. The van der Waals surface area contributed by atoms with Crippen LogP contribution in [0, 0.1) is 24.4 Å². The summed E-state index contributed by atoms with van der Waals surface area (Å²) in [7, 11) is 0. The van der Waals surface area contributed by atoms with Crippen LogP contribution < -0.4 is 0 Å². The van der Waals surface area contributed by atoms with Gasteiger partial charge in [0, 0.05) is 22.7 Å². The van der Waals surface area contributed by atoms with E-state index in [1.54, 1.807) is 0 Å². The number of aromatic hydroxyl groups is 1. The molecule has 0 aliphatic heterocycles. The summed E-state index contributed by atoms with van der Waals surface area (Å²) in [5, 5.41) is 9.51. The predicted molar refractivity (Wildman–Crippen MR) is 104 cm³/mol. The zero-order valence-corrected chi connectivity index (χ0v) is 16.6. The van der Waals surface area contributed by atoms with Gasteiger partial charge in [-0.1, -0.05) is 13.0 Å². The minimum Gasteiger partial charge on any atom is -0.503 e. The average Bonchev–Trinajstić information content (AvgIpc) is 3.00. The van der Waals surface area contributed by atoms with Crippen molar-refractivity contribution in [2.75, 3.05) is 6.61 Å². The molecule has 2 aromatic carbocycles. The first-order valence-corrected chi connectivity index (χ1v) is 9.37. The average molecular weight is 419 g/mol. The number of halogens is 3. The van der Waals surface area contributed by atoms with E-state index >= 15 is 0 Å². The second kappa shape index (κ2) is 8.22. The zero-order valence-electron chi connectivity index (χ0n) is 16.6. The van der Waals surface area contributed by atoms with E-state index in [0.29, 0.717) is 6.42 Å². The minimum absolute atomic E-state index is 0.0448. The maximum atomic E-state index is 14.9. The largest absolute Gasteiger partial charge is 0.503 e. The van der Waals surface area contributed by atoms with E-state index in [-0.39, 0.29) is 34.3 Å². The normalized spacial score (nSPS) is 12.2. The van der Waals surface area contributed by atoms with Crippen LogP contribution in [0.15, 0.2) is 30.3 Å². The lowest BCUT2D eigenvalue weighted by Gasteiger charge is -2.13. The molecule has 8 heteroatoms. The third-order valence-corrected chi connectivity index (χ3v) is 4.92. The minimum atomic E-state index is -1.29. The van der Waals surface area contributed by atoms with E-state index in [1.807, 2.05) is 6.92 Å². The molecular formula is C22H20F3NO4. The molecule has 158 valence electrons. The highest BCUT2D eigenvalue weighted by molar-refractivity contribution is 6.05. The Morgan fingerprint density at radius 2 is 1.90 bits per heavy atom. The fraction of sp³-hybridized carbons (Fsp3) is 0.273. The molecule has 0 bridgehead atoms. The van der Waals surface area contributed by atoms with Crippen molar-refractivity contribution in [1.82, 2.24) is 4.57 Å². The Morgan fingerprint density at radius 1 is 1.20 bits per heavy atom. The maximum Gasteiger partial charge on any atom is 0.313 e. The molecule has 30 heavy (non-hydrogen) atoms. The molecule has 1 unspecified atom stereocenters. The Kier molecular flexibility index (Phi) is 5.87. The molecule has 5 nitrogen and oxygen atoms in total. The highest BCUT2D eigenvalue weighted by atomic mass is 19.1. The van der Waals surface area contributed by atoms with Gasteiger partial charge in [-0.25, -0.2) is 13.2 Å². The molecule has 0 saturated heterocycles. The van der Waals surface area contributed by atoms with Gasteiger partial charge in [-0.3, -0.25) is 14.2 Å². The molecule has 1 aromatic heterocycles. The van der Waals surface area contributed by atoms with E-state index in [4.69, 9.17) is 4.74 Å². The predicted octanol–water partition coefficient (Wildman–Crippen LogP) is 4.82.